The van der Waals surface area contributed by atoms with Crippen molar-refractivity contribution in [1.29, 1.82) is 0 Å². The average molecular weight is 254 g/mol. The highest BCUT2D eigenvalue weighted by molar-refractivity contribution is 5.06. The van der Waals surface area contributed by atoms with Crippen molar-refractivity contribution in [2.24, 2.45) is 0 Å². The summed E-state index contributed by atoms with van der Waals surface area (Å²) in [6, 6.07) is 0. The fourth-order valence-corrected chi connectivity index (χ4v) is 1.85. The second-order valence-electron chi connectivity index (χ2n) is 4.75. The first-order chi connectivity index (χ1) is 8.78. The summed E-state index contributed by atoms with van der Waals surface area (Å²) < 4.78 is 10.8. The third-order valence-corrected chi connectivity index (χ3v) is 3.16. The Balaban J connectivity index is 3.93. The lowest BCUT2D eigenvalue weighted by atomic mass is 10.1. The van der Waals surface area contributed by atoms with E-state index in [2.05, 4.69) is 25.7 Å². The molecule has 2 nitrogen and oxygen atoms in total. The van der Waals surface area contributed by atoms with Crippen molar-refractivity contribution < 1.29 is 9.47 Å². The van der Waals surface area contributed by atoms with Crippen LogP contribution in [0.4, 0.5) is 0 Å². The van der Waals surface area contributed by atoms with Crippen LogP contribution in [0.15, 0.2) is 0 Å². The van der Waals surface area contributed by atoms with Gasteiger partial charge in [-0.3, -0.25) is 0 Å². The first-order valence-corrected chi connectivity index (χ1v) is 7.32. The normalized spacial score (nSPS) is 13.8. The highest BCUT2D eigenvalue weighted by atomic mass is 16.5. The zero-order valence-electron chi connectivity index (χ0n) is 12.6. The van der Waals surface area contributed by atoms with Gasteiger partial charge in [0, 0.05) is 20.6 Å². The zero-order valence-corrected chi connectivity index (χ0v) is 12.6. The minimum atomic E-state index is 0.0974. The van der Waals surface area contributed by atoms with Crippen LogP contribution in [0.2, 0.25) is 0 Å². The van der Waals surface area contributed by atoms with Crippen LogP contribution in [0.1, 0.15) is 65.2 Å². The Morgan fingerprint density at radius 1 is 0.889 bits per heavy atom. The van der Waals surface area contributed by atoms with Gasteiger partial charge in [0.25, 0.3) is 0 Å². The highest BCUT2D eigenvalue weighted by Gasteiger charge is 2.05. The second kappa shape index (κ2) is 12.9. The molecule has 18 heavy (non-hydrogen) atoms. The molecule has 0 aliphatic heterocycles. The summed E-state index contributed by atoms with van der Waals surface area (Å²) in [5, 5.41) is 0. The van der Waals surface area contributed by atoms with Gasteiger partial charge in [-0.1, -0.05) is 51.4 Å². The van der Waals surface area contributed by atoms with E-state index in [-0.39, 0.29) is 12.2 Å². The fraction of sp³-hybridized carbons (Fsp3) is 0.875. The van der Waals surface area contributed by atoms with Gasteiger partial charge < -0.3 is 9.47 Å². The Kier molecular flexibility index (Phi) is 12.6. The Morgan fingerprint density at radius 2 is 1.61 bits per heavy atom. The van der Waals surface area contributed by atoms with E-state index in [4.69, 9.17) is 9.47 Å². The standard InChI is InChI=1S/C16H30O2/c1-5-7-9-12-16(18-4)14-10-13-15(17-3)11-8-6-2/h15-16H,5-9,11-13H2,1-4H3. The first kappa shape index (κ1) is 17.5. The van der Waals surface area contributed by atoms with Gasteiger partial charge >= 0.3 is 0 Å². The largest absolute Gasteiger partial charge is 0.380 e. The van der Waals surface area contributed by atoms with Crippen LogP contribution < -0.4 is 0 Å². The van der Waals surface area contributed by atoms with Crippen molar-refractivity contribution >= 4 is 0 Å². The molecule has 0 aliphatic rings. The number of hydrogen-bond donors (Lipinski definition) is 0. The molecule has 0 heterocycles. The van der Waals surface area contributed by atoms with Gasteiger partial charge in [-0.2, -0.15) is 0 Å². The van der Waals surface area contributed by atoms with Gasteiger partial charge in [-0.15, -0.1) is 0 Å². The maximum Gasteiger partial charge on any atom is 0.117 e. The summed E-state index contributed by atoms with van der Waals surface area (Å²) in [7, 11) is 3.52. The summed E-state index contributed by atoms with van der Waals surface area (Å²) >= 11 is 0. The van der Waals surface area contributed by atoms with Crippen LogP contribution in [-0.2, 0) is 9.47 Å². The van der Waals surface area contributed by atoms with Crippen molar-refractivity contribution in [2.45, 2.75) is 77.4 Å². The fourth-order valence-electron chi connectivity index (χ4n) is 1.85. The molecule has 0 bridgehead atoms. The van der Waals surface area contributed by atoms with Gasteiger partial charge in [0.05, 0.1) is 6.10 Å². The third-order valence-electron chi connectivity index (χ3n) is 3.16. The monoisotopic (exact) mass is 254 g/mol. The van der Waals surface area contributed by atoms with E-state index in [0.29, 0.717) is 0 Å². The minimum absolute atomic E-state index is 0.0974. The van der Waals surface area contributed by atoms with Crippen molar-refractivity contribution in [1.82, 2.24) is 0 Å². The van der Waals surface area contributed by atoms with E-state index in [1.54, 1.807) is 14.2 Å². The van der Waals surface area contributed by atoms with Crippen molar-refractivity contribution in [3.05, 3.63) is 0 Å². The molecule has 0 aliphatic carbocycles. The van der Waals surface area contributed by atoms with E-state index in [0.717, 1.165) is 19.3 Å². The maximum atomic E-state index is 5.42. The molecule has 0 spiro atoms. The van der Waals surface area contributed by atoms with Crippen LogP contribution in [-0.4, -0.2) is 26.4 Å². The molecule has 0 rings (SSSR count). The predicted octanol–water partition coefficient (Wildman–Crippen LogP) is 4.18. The van der Waals surface area contributed by atoms with Crippen LogP contribution in [0.25, 0.3) is 0 Å². The van der Waals surface area contributed by atoms with Gasteiger partial charge in [-0.25, -0.2) is 0 Å². The SMILES string of the molecule is CCCCCC(C#CCC(CCCC)OC)OC. The summed E-state index contributed by atoms with van der Waals surface area (Å²) in [4.78, 5) is 0. The number of methoxy groups -OCH3 is 2. The molecule has 0 aromatic carbocycles. The number of ether oxygens (including phenoxy) is 2. The topological polar surface area (TPSA) is 18.5 Å². The van der Waals surface area contributed by atoms with E-state index in [1.807, 2.05) is 0 Å². The summed E-state index contributed by atoms with van der Waals surface area (Å²) in [5.74, 6) is 6.44. The molecule has 0 saturated heterocycles. The Labute approximate surface area is 113 Å². The summed E-state index contributed by atoms with van der Waals surface area (Å²) in [5.41, 5.74) is 0. The Bertz CT molecular complexity index is 227. The molecule has 0 saturated carbocycles. The van der Waals surface area contributed by atoms with Crippen molar-refractivity contribution in [3.63, 3.8) is 0 Å². The van der Waals surface area contributed by atoms with Crippen LogP contribution in [0, 0.1) is 11.8 Å². The van der Waals surface area contributed by atoms with Crippen molar-refractivity contribution in [2.75, 3.05) is 14.2 Å². The molecule has 2 atom stereocenters. The number of unbranched alkanes of at least 4 members (excludes halogenated alkanes) is 3. The lowest BCUT2D eigenvalue weighted by molar-refractivity contribution is 0.0971. The molecule has 0 N–H and O–H groups in total. The molecule has 0 fully saturated rings. The molecule has 0 aromatic rings. The minimum Gasteiger partial charge on any atom is -0.380 e. The van der Waals surface area contributed by atoms with Gasteiger partial charge in [0.15, 0.2) is 0 Å². The summed E-state index contributed by atoms with van der Waals surface area (Å²) in [6.07, 6.45) is 9.49. The van der Waals surface area contributed by atoms with Gasteiger partial charge in [-0.05, 0) is 19.3 Å². The molecule has 106 valence electrons. The van der Waals surface area contributed by atoms with E-state index in [9.17, 15) is 0 Å². The molecular formula is C16H30O2. The molecule has 0 amide bonds. The quantitative estimate of drug-likeness (QED) is 0.430. The second-order valence-corrected chi connectivity index (χ2v) is 4.75. The van der Waals surface area contributed by atoms with Crippen LogP contribution in [0.3, 0.4) is 0 Å². The zero-order chi connectivity index (χ0) is 13.6. The highest BCUT2D eigenvalue weighted by Crippen LogP contribution is 2.08. The molecule has 0 radical (unpaired) electrons. The first-order valence-electron chi connectivity index (χ1n) is 7.32. The molecule has 0 aromatic heterocycles. The number of hydrogen-bond acceptors (Lipinski definition) is 2. The Hall–Kier alpha value is -0.520. The van der Waals surface area contributed by atoms with Crippen LogP contribution in [0.5, 0.6) is 0 Å². The Morgan fingerprint density at radius 3 is 2.17 bits per heavy atom. The third kappa shape index (κ3) is 9.50. The van der Waals surface area contributed by atoms with E-state index in [1.165, 1.54) is 32.1 Å². The predicted molar refractivity (Wildman–Crippen MR) is 77.7 cm³/mol. The number of rotatable bonds is 10. The smallest absolute Gasteiger partial charge is 0.117 e. The molecule has 2 unspecified atom stereocenters. The average Bonchev–Trinajstić information content (AvgIpc) is 2.40. The van der Waals surface area contributed by atoms with E-state index < -0.39 is 0 Å². The van der Waals surface area contributed by atoms with Crippen LogP contribution >= 0.6 is 0 Å². The van der Waals surface area contributed by atoms with Crippen molar-refractivity contribution in [3.8, 4) is 11.8 Å². The molecular weight excluding hydrogens is 224 g/mol. The lowest BCUT2D eigenvalue weighted by Crippen LogP contribution is -2.10. The molecule has 2 heteroatoms. The maximum absolute atomic E-state index is 5.42. The van der Waals surface area contributed by atoms with E-state index >= 15 is 0 Å². The van der Waals surface area contributed by atoms with Gasteiger partial charge in [0.1, 0.15) is 6.10 Å². The summed E-state index contributed by atoms with van der Waals surface area (Å²) in [6.45, 7) is 4.41. The van der Waals surface area contributed by atoms with Gasteiger partial charge in [0.2, 0.25) is 0 Å². The lowest BCUT2D eigenvalue weighted by Gasteiger charge is -2.11.